The van der Waals surface area contributed by atoms with Gasteiger partial charge in [-0.15, -0.1) is 0 Å². The van der Waals surface area contributed by atoms with Gasteiger partial charge < -0.3 is 23.7 Å². The molecule has 0 unspecified atom stereocenters. The Morgan fingerprint density at radius 1 is 0.821 bits per heavy atom. The number of rotatable bonds is 2. The highest BCUT2D eigenvalue weighted by Crippen LogP contribution is 2.44. The molecule has 1 aromatic carbocycles. The first-order valence-corrected chi connectivity index (χ1v) is 9.47. The zero-order chi connectivity index (χ0) is 19.8. The molecule has 0 saturated carbocycles. The minimum atomic E-state index is -0.829. The van der Waals surface area contributed by atoms with Crippen LogP contribution in [0.25, 0.3) is 0 Å². The summed E-state index contributed by atoms with van der Waals surface area (Å²) in [5, 5.41) is 0. The van der Waals surface area contributed by atoms with Crippen LogP contribution in [0.15, 0.2) is 24.3 Å². The van der Waals surface area contributed by atoms with Crippen molar-refractivity contribution in [2.45, 2.75) is 70.0 Å². The Morgan fingerprint density at radius 2 is 1.36 bits per heavy atom. The molecule has 0 radical (unpaired) electrons. The van der Waals surface area contributed by atoms with Crippen molar-refractivity contribution in [2.75, 3.05) is 6.54 Å². The lowest BCUT2D eigenvalue weighted by Crippen LogP contribution is -2.58. The highest BCUT2D eigenvalue weighted by molar-refractivity contribution is 6.21. The molecule has 0 spiro atoms. The van der Waals surface area contributed by atoms with Gasteiger partial charge in [0, 0.05) is 0 Å². The highest BCUT2D eigenvalue weighted by atomic mass is 16.9. The number of nitrogens with zero attached hydrogens (tertiary/aromatic N) is 1. The van der Waals surface area contributed by atoms with E-state index in [-0.39, 0.29) is 18.4 Å². The Bertz CT molecular complexity index is 816. The minimum absolute atomic E-state index is 0.0555. The number of hydrogen-bond acceptors (Lipinski definition) is 7. The SMILES string of the molecule is CC1(C)O[C@@H]2O[C@@H](CN3C(=O)c4ccccc4C3=O)[C@H]3OC(C)(C)O[C@H]3[C@@H]2O1. The lowest BCUT2D eigenvalue weighted by molar-refractivity contribution is -0.234. The molecular weight excluding hydrogens is 366 g/mol. The summed E-state index contributed by atoms with van der Waals surface area (Å²) in [4.78, 5) is 26.7. The molecule has 0 N–H and O–H groups in total. The topological polar surface area (TPSA) is 83.5 Å². The van der Waals surface area contributed by atoms with Crippen LogP contribution in [0, 0.1) is 0 Å². The van der Waals surface area contributed by atoms with Gasteiger partial charge in [0.2, 0.25) is 0 Å². The molecule has 0 bridgehead atoms. The van der Waals surface area contributed by atoms with E-state index in [1.165, 1.54) is 4.90 Å². The van der Waals surface area contributed by atoms with E-state index in [0.717, 1.165) is 0 Å². The maximum atomic E-state index is 12.8. The first-order chi connectivity index (χ1) is 13.2. The Hall–Kier alpha value is -1.84. The van der Waals surface area contributed by atoms with Crippen LogP contribution in [0.1, 0.15) is 48.4 Å². The van der Waals surface area contributed by atoms with Gasteiger partial charge in [0.1, 0.15) is 24.4 Å². The molecule has 3 saturated heterocycles. The average Bonchev–Trinajstić information content (AvgIpc) is 3.19. The van der Waals surface area contributed by atoms with E-state index in [1.807, 2.05) is 27.7 Å². The zero-order valence-corrected chi connectivity index (χ0v) is 16.2. The van der Waals surface area contributed by atoms with Gasteiger partial charge in [0.05, 0.1) is 17.7 Å². The molecule has 0 aliphatic carbocycles. The molecular formula is C20H23NO7. The standard InChI is InChI=1S/C20H23NO7/c1-19(2)25-13-12(24-18-15(14(13)26-19)27-20(3,4)28-18)9-21-16(22)10-7-5-6-8-11(10)17(21)23/h5-8,12-15,18H,9H2,1-4H3/t12-,13+,14+,15-,18-/m0/s1. The van der Waals surface area contributed by atoms with Crippen LogP contribution in [0.3, 0.4) is 0 Å². The fourth-order valence-corrected chi connectivity index (χ4v) is 4.43. The van der Waals surface area contributed by atoms with Gasteiger partial charge in [-0.3, -0.25) is 14.5 Å². The van der Waals surface area contributed by atoms with Crippen LogP contribution in [0.5, 0.6) is 0 Å². The van der Waals surface area contributed by atoms with E-state index in [2.05, 4.69) is 0 Å². The van der Waals surface area contributed by atoms with Crippen LogP contribution in [0.4, 0.5) is 0 Å². The van der Waals surface area contributed by atoms with E-state index in [4.69, 9.17) is 23.7 Å². The van der Waals surface area contributed by atoms with Crippen molar-refractivity contribution >= 4 is 11.8 Å². The molecule has 28 heavy (non-hydrogen) atoms. The van der Waals surface area contributed by atoms with Gasteiger partial charge in [-0.2, -0.15) is 0 Å². The fourth-order valence-electron chi connectivity index (χ4n) is 4.43. The Labute approximate surface area is 162 Å². The summed E-state index contributed by atoms with van der Waals surface area (Å²) in [5.41, 5.74) is 0.812. The van der Waals surface area contributed by atoms with Crippen molar-refractivity contribution in [2.24, 2.45) is 0 Å². The maximum absolute atomic E-state index is 12.8. The van der Waals surface area contributed by atoms with E-state index in [9.17, 15) is 9.59 Å². The van der Waals surface area contributed by atoms with Crippen LogP contribution < -0.4 is 0 Å². The lowest BCUT2D eigenvalue weighted by Gasteiger charge is -2.38. The third kappa shape index (κ3) is 2.71. The number of fused-ring (bicyclic) bond motifs is 4. The molecule has 8 nitrogen and oxygen atoms in total. The normalized spacial score (nSPS) is 37.7. The molecule has 4 aliphatic rings. The van der Waals surface area contributed by atoms with Gasteiger partial charge in [-0.05, 0) is 39.8 Å². The summed E-state index contributed by atoms with van der Waals surface area (Å²) in [6.07, 6.45) is -2.60. The molecule has 2 amide bonds. The van der Waals surface area contributed by atoms with Crippen molar-refractivity contribution in [3.05, 3.63) is 35.4 Å². The minimum Gasteiger partial charge on any atom is -0.342 e. The summed E-state index contributed by atoms with van der Waals surface area (Å²) in [7, 11) is 0. The number of ether oxygens (including phenoxy) is 5. The largest absolute Gasteiger partial charge is 0.342 e. The first kappa shape index (κ1) is 18.2. The Balaban J connectivity index is 1.43. The smallest absolute Gasteiger partial charge is 0.261 e. The second-order valence-electron chi connectivity index (χ2n) is 8.47. The Kier molecular flexibility index (Phi) is 3.80. The van der Waals surface area contributed by atoms with Crippen molar-refractivity contribution in [3.63, 3.8) is 0 Å². The number of hydrogen-bond donors (Lipinski definition) is 0. The van der Waals surface area contributed by atoms with Crippen LogP contribution in [0.2, 0.25) is 0 Å². The average molecular weight is 389 g/mol. The number of carbonyl (C=O) groups excluding carboxylic acids is 2. The third-order valence-electron chi connectivity index (χ3n) is 5.49. The fraction of sp³-hybridized carbons (Fsp3) is 0.600. The lowest BCUT2D eigenvalue weighted by atomic mass is 9.98. The maximum Gasteiger partial charge on any atom is 0.261 e. The molecule has 4 aliphatic heterocycles. The summed E-state index contributed by atoms with van der Waals surface area (Å²) < 4.78 is 30.1. The first-order valence-electron chi connectivity index (χ1n) is 9.47. The summed E-state index contributed by atoms with van der Waals surface area (Å²) in [6, 6.07) is 6.80. The number of carbonyl (C=O) groups is 2. The zero-order valence-electron chi connectivity index (χ0n) is 16.2. The molecule has 150 valence electrons. The number of amides is 2. The van der Waals surface area contributed by atoms with Gasteiger partial charge in [0.25, 0.3) is 11.8 Å². The molecule has 3 fully saturated rings. The van der Waals surface area contributed by atoms with E-state index in [0.29, 0.717) is 11.1 Å². The van der Waals surface area contributed by atoms with Gasteiger partial charge in [0.15, 0.2) is 17.9 Å². The predicted molar refractivity (Wildman–Crippen MR) is 94.3 cm³/mol. The van der Waals surface area contributed by atoms with E-state index < -0.39 is 42.3 Å². The van der Waals surface area contributed by atoms with Crippen LogP contribution in [-0.2, 0) is 23.7 Å². The molecule has 1 aromatic rings. The molecule has 8 heteroatoms. The number of imide groups is 1. The van der Waals surface area contributed by atoms with Crippen molar-refractivity contribution in [1.82, 2.24) is 4.90 Å². The van der Waals surface area contributed by atoms with Gasteiger partial charge in [-0.1, -0.05) is 12.1 Å². The monoisotopic (exact) mass is 389 g/mol. The second-order valence-corrected chi connectivity index (χ2v) is 8.47. The van der Waals surface area contributed by atoms with Gasteiger partial charge >= 0.3 is 0 Å². The van der Waals surface area contributed by atoms with E-state index in [1.54, 1.807) is 24.3 Å². The molecule has 5 atom stereocenters. The van der Waals surface area contributed by atoms with E-state index >= 15 is 0 Å². The quantitative estimate of drug-likeness (QED) is 0.712. The van der Waals surface area contributed by atoms with Crippen molar-refractivity contribution in [3.8, 4) is 0 Å². The highest BCUT2D eigenvalue weighted by Gasteiger charge is 2.61. The van der Waals surface area contributed by atoms with Crippen molar-refractivity contribution < 1.29 is 33.3 Å². The molecule has 5 rings (SSSR count). The van der Waals surface area contributed by atoms with Gasteiger partial charge in [-0.25, -0.2) is 0 Å². The second kappa shape index (κ2) is 5.84. The third-order valence-corrected chi connectivity index (χ3v) is 5.49. The van der Waals surface area contributed by atoms with Crippen LogP contribution in [-0.4, -0.2) is 65.5 Å². The molecule has 0 aromatic heterocycles. The molecule has 4 heterocycles. The van der Waals surface area contributed by atoms with Crippen LogP contribution >= 0.6 is 0 Å². The Morgan fingerprint density at radius 3 is 2.00 bits per heavy atom. The number of benzene rings is 1. The van der Waals surface area contributed by atoms with Crippen molar-refractivity contribution in [1.29, 1.82) is 0 Å². The predicted octanol–water partition coefficient (Wildman–Crippen LogP) is 1.68. The summed E-state index contributed by atoms with van der Waals surface area (Å²) in [6.45, 7) is 7.31. The summed E-state index contributed by atoms with van der Waals surface area (Å²) in [5.74, 6) is -2.31. The summed E-state index contributed by atoms with van der Waals surface area (Å²) >= 11 is 0.